The summed E-state index contributed by atoms with van der Waals surface area (Å²) >= 11 is 1.65. The Bertz CT molecular complexity index is 723. The van der Waals surface area contributed by atoms with Gasteiger partial charge < -0.3 is 9.88 Å². The van der Waals surface area contributed by atoms with Crippen LogP contribution < -0.4 is 5.32 Å². The van der Waals surface area contributed by atoms with Crippen molar-refractivity contribution in [3.05, 3.63) is 30.5 Å². The number of aryl methyl sites for hydroxylation is 1. The lowest BCUT2D eigenvalue weighted by Crippen LogP contribution is -2.38. The Morgan fingerprint density at radius 3 is 3.04 bits per heavy atom. The molecular formula is C19H24N2OS. The highest BCUT2D eigenvalue weighted by Gasteiger charge is 2.39. The molecule has 2 fully saturated rings. The number of hydrogen-bond donors (Lipinski definition) is 1. The summed E-state index contributed by atoms with van der Waals surface area (Å²) in [5.41, 5.74) is 1.22. The molecule has 1 amide bonds. The molecule has 23 heavy (non-hydrogen) atoms. The van der Waals surface area contributed by atoms with Gasteiger partial charge in [-0.1, -0.05) is 31.0 Å². The predicted octanol–water partition coefficient (Wildman–Crippen LogP) is 3.97. The molecule has 0 bridgehead atoms. The van der Waals surface area contributed by atoms with Crippen molar-refractivity contribution in [1.82, 2.24) is 9.88 Å². The summed E-state index contributed by atoms with van der Waals surface area (Å²) in [6.07, 6.45) is 8.66. The highest BCUT2D eigenvalue weighted by atomic mass is 32.2. The van der Waals surface area contributed by atoms with Crippen LogP contribution in [0.25, 0.3) is 10.9 Å². The molecule has 0 radical (unpaired) electrons. The monoisotopic (exact) mass is 328 g/mol. The van der Waals surface area contributed by atoms with Crippen molar-refractivity contribution in [1.29, 1.82) is 0 Å². The molecule has 1 aromatic heterocycles. The second-order valence-electron chi connectivity index (χ2n) is 7.02. The zero-order valence-electron chi connectivity index (χ0n) is 13.6. The predicted molar refractivity (Wildman–Crippen MR) is 95.6 cm³/mol. The van der Waals surface area contributed by atoms with Crippen LogP contribution in [0.15, 0.2) is 35.4 Å². The van der Waals surface area contributed by atoms with E-state index in [1.807, 2.05) is 0 Å². The van der Waals surface area contributed by atoms with Gasteiger partial charge in [0, 0.05) is 35.1 Å². The van der Waals surface area contributed by atoms with Crippen molar-refractivity contribution >= 4 is 28.6 Å². The molecule has 1 aromatic carbocycles. The van der Waals surface area contributed by atoms with Crippen molar-refractivity contribution in [2.45, 2.75) is 43.0 Å². The molecule has 2 saturated carbocycles. The zero-order chi connectivity index (χ0) is 15.8. The maximum absolute atomic E-state index is 12.4. The van der Waals surface area contributed by atoms with E-state index in [0.29, 0.717) is 11.8 Å². The van der Waals surface area contributed by atoms with Crippen LogP contribution in [0.1, 0.15) is 32.1 Å². The van der Waals surface area contributed by atoms with Crippen LogP contribution >= 0.6 is 11.8 Å². The Morgan fingerprint density at radius 1 is 1.26 bits per heavy atom. The number of nitrogens with one attached hydrogen (secondary N) is 1. The molecule has 4 rings (SSSR count). The Hall–Kier alpha value is -1.42. The Labute approximate surface area is 141 Å². The third-order valence-corrected chi connectivity index (χ3v) is 6.69. The van der Waals surface area contributed by atoms with Gasteiger partial charge in [-0.05, 0) is 37.2 Å². The molecule has 122 valence electrons. The van der Waals surface area contributed by atoms with E-state index in [-0.39, 0.29) is 5.91 Å². The molecule has 3 unspecified atom stereocenters. The highest BCUT2D eigenvalue weighted by molar-refractivity contribution is 8.00. The first-order chi connectivity index (χ1) is 11.2. The third kappa shape index (κ3) is 2.89. The van der Waals surface area contributed by atoms with Crippen LogP contribution in [0.3, 0.4) is 0 Å². The molecule has 1 N–H and O–H groups in total. The second-order valence-corrected chi connectivity index (χ2v) is 8.03. The molecule has 2 aliphatic carbocycles. The van der Waals surface area contributed by atoms with Gasteiger partial charge in [0.15, 0.2) is 0 Å². The van der Waals surface area contributed by atoms with Gasteiger partial charge in [0.2, 0.25) is 5.91 Å². The van der Waals surface area contributed by atoms with Crippen LogP contribution in [-0.2, 0) is 11.8 Å². The molecule has 3 atom stereocenters. The zero-order valence-corrected chi connectivity index (χ0v) is 14.4. The van der Waals surface area contributed by atoms with Crippen molar-refractivity contribution in [3.8, 4) is 0 Å². The number of benzene rings is 1. The minimum absolute atomic E-state index is 0.195. The maximum atomic E-state index is 12.4. The van der Waals surface area contributed by atoms with Gasteiger partial charge in [-0.25, -0.2) is 0 Å². The average molecular weight is 328 g/mol. The summed E-state index contributed by atoms with van der Waals surface area (Å²) in [6, 6.07) is 8.81. The van der Waals surface area contributed by atoms with E-state index in [4.69, 9.17) is 0 Å². The van der Waals surface area contributed by atoms with E-state index < -0.39 is 0 Å². The SMILES string of the molecule is Cn1cc(SCC(=O)NC2CCC3CCCC32)c2ccccc21. The minimum Gasteiger partial charge on any atom is -0.352 e. The molecule has 0 spiro atoms. The van der Waals surface area contributed by atoms with Crippen molar-refractivity contribution < 1.29 is 4.79 Å². The van der Waals surface area contributed by atoms with Gasteiger partial charge in [0.25, 0.3) is 0 Å². The van der Waals surface area contributed by atoms with Gasteiger partial charge in [0.1, 0.15) is 0 Å². The van der Waals surface area contributed by atoms with Crippen molar-refractivity contribution in [3.63, 3.8) is 0 Å². The molecular weight excluding hydrogens is 304 g/mol. The number of para-hydroxylation sites is 1. The van der Waals surface area contributed by atoms with Crippen LogP contribution in [-0.4, -0.2) is 22.3 Å². The summed E-state index contributed by atoms with van der Waals surface area (Å²) in [7, 11) is 2.06. The Balaban J connectivity index is 1.38. The normalized spacial score (nSPS) is 26.6. The third-order valence-electron chi connectivity index (χ3n) is 5.65. The maximum Gasteiger partial charge on any atom is 0.230 e. The Kier molecular flexibility index (Phi) is 4.10. The number of aromatic nitrogens is 1. The van der Waals surface area contributed by atoms with Crippen LogP contribution in [0.4, 0.5) is 0 Å². The fourth-order valence-electron chi connectivity index (χ4n) is 4.55. The first-order valence-electron chi connectivity index (χ1n) is 8.68. The second kappa shape index (κ2) is 6.23. The molecule has 3 nitrogen and oxygen atoms in total. The molecule has 2 aromatic rings. The van der Waals surface area contributed by atoms with E-state index in [0.717, 1.165) is 11.8 Å². The quantitative estimate of drug-likeness (QED) is 0.862. The number of carbonyl (C=O) groups is 1. The summed E-state index contributed by atoms with van der Waals surface area (Å²) in [6.45, 7) is 0. The van der Waals surface area contributed by atoms with Crippen molar-refractivity contribution in [2.24, 2.45) is 18.9 Å². The molecule has 2 aliphatic rings. The molecule has 0 aliphatic heterocycles. The first-order valence-corrected chi connectivity index (χ1v) is 9.67. The van der Waals surface area contributed by atoms with Crippen LogP contribution in [0.2, 0.25) is 0 Å². The van der Waals surface area contributed by atoms with E-state index in [2.05, 4.69) is 47.4 Å². The van der Waals surface area contributed by atoms with Crippen molar-refractivity contribution in [2.75, 3.05) is 5.75 Å². The molecule has 0 saturated heterocycles. The van der Waals surface area contributed by atoms with Gasteiger partial charge in [0.05, 0.1) is 5.75 Å². The topological polar surface area (TPSA) is 34.0 Å². The molecule has 4 heteroatoms. The lowest BCUT2D eigenvalue weighted by atomic mass is 9.98. The van der Waals surface area contributed by atoms with Gasteiger partial charge in [-0.2, -0.15) is 0 Å². The summed E-state index contributed by atoms with van der Waals surface area (Å²) in [5.74, 6) is 2.34. The van der Waals surface area contributed by atoms with E-state index in [1.165, 1.54) is 47.9 Å². The number of nitrogens with zero attached hydrogens (tertiary/aromatic N) is 1. The number of carbonyl (C=O) groups excluding carboxylic acids is 1. The lowest BCUT2D eigenvalue weighted by molar-refractivity contribution is -0.119. The lowest BCUT2D eigenvalue weighted by Gasteiger charge is -2.19. The smallest absolute Gasteiger partial charge is 0.230 e. The first kappa shape index (κ1) is 15.1. The van der Waals surface area contributed by atoms with Crippen LogP contribution in [0.5, 0.6) is 0 Å². The number of rotatable bonds is 4. The van der Waals surface area contributed by atoms with Gasteiger partial charge in [-0.3, -0.25) is 4.79 Å². The largest absolute Gasteiger partial charge is 0.352 e. The average Bonchev–Trinajstić information content (AvgIpc) is 3.23. The number of hydrogen-bond acceptors (Lipinski definition) is 2. The summed E-state index contributed by atoms with van der Waals surface area (Å²) < 4.78 is 2.13. The van der Waals surface area contributed by atoms with E-state index in [1.54, 1.807) is 11.8 Å². The number of thioether (sulfide) groups is 1. The van der Waals surface area contributed by atoms with Gasteiger partial charge >= 0.3 is 0 Å². The van der Waals surface area contributed by atoms with E-state index in [9.17, 15) is 4.79 Å². The number of amides is 1. The summed E-state index contributed by atoms with van der Waals surface area (Å²) in [5, 5.41) is 4.55. The standard InChI is InChI=1S/C19H24N2OS/c1-21-11-18(15-6-2-3-8-17(15)21)23-12-19(22)20-16-10-9-13-5-4-7-14(13)16/h2-3,6,8,11,13-14,16H,4-5,7,9-10,12H2,1H3,(H,20,22). The fraction of sp³-hybridized carbons (Fsp3) is 0.526. The summed E-state index contributed by atoms with van der Waals surface area (Å²) in [4.78, 5) is 13.6. The van der Waals surface area contributed by atoms with Gasteiger partial charge in [-0.15, -0.1) is 11.8 Å². The van der Waals surface area contributed by atoms with E-state index >= 15 is 0 Å². The number of fused-ring (bicyclic) bond motifs is 2. The highest BCUT2D eigenvalue weighted by Crippen LogP contribution is 2.44. The Morgan fingerprint density at radius 2 is 2.13 bits per heavy atom. The molecule has 1 heterocycles. The van der Waals surface area contributed by atoms with Crippen LogP contribution in [0, 0.1) is 11.8 Å². The fourth-order valence-corrected chi connectivity index (χ4v) is 5.48. The minimum atomic E-state index is 0.195.